The fourth-order valence-electron chi connectivity index (χ4n) is 2.52. The van der Waals surface area contributed by atoms with Crippen LogP contribution in [0.2, 0.25) is 0 Å². The summed E-state index contributed by atoms with van der Waals surface area (Å²) < 4.78 is 5.18. The molecule has 0 spiro atoms. The first-order chi connectivity index (χ1) is 12.0. The minimum atomic E-state index is -0.0566. The standard InChI is InChI=1S/C20H20N2O2S/c1-13-4-6-15(7-5-13)12-18(23)21-20-22-19(14(2)25-20)16-8-10-17(24-3)11-9-16/h4-11H,12H2,1-3H3,(H,21,22,23). The lowest BCUT2D eigenvalue weighted by atomic mass is 10.1. The molecule has 1 heterocycles. The third-order valence-electron chi connectivity index (χ3n) is 3.89. The predicted octanol–water partition coefficient (Wildman–Crippen LogP) is 4.62. The molecule has 0 fully saturated rings. The number of aryl methyl sites for hydroxylation is 2. The third kappa shape index (κ3) is 4.25. The van der Waals surface area contributed by atoms with Crippen molar-refractivity contribution >= 4 is 22.4 Å². The van der Waals surface area contributed by atoms with Gasteiger partial charge in [0, 0.05) is 10.4 Å². The molecule has 0 bridgehead atoms. The van der Waals surface area contributed by atoms with Gasteiger partial charge in [0.25, 0.3) is 0 Å². The fraction of sp³-hybridized carbons (Fsp3) is 0.200. The van der Waals surface area contributed by atoms with Crippen molar-refractivity contribution < 1.29 is 9.53 Å². The number of aromatic nitrogens is 1. The van der Waals surface area contributed by atoms with E-state index in [4.69, 9.17) is 4.74 Å². The lowest BCUT2D eigenvalue weighted by Gasteiger charge is -2.03. The van der Waals surface area contributed by atoms with E-state index in [1.54, 1.807) is 7.11 Å². The Bertz CT molecular complexity index is 868. The molecule has 4 nitrogen and oxygen atoms in total. The van der Waals surface area contributed by atoms with Gasteiger partial charge in [-0.1, -0.05) is 29.8 Å². The van der Waals surface area contributed by atoms with Gasteiger partial charge in [-0.15, -0.1) is 11.3 Å². The smallest absolute Gasteiger partial charge is 0.230 e. The van der Waals surface area contributed by atoms with Gasteiger partial charge in [-0.2, -0.15) is 0 Å². The fourth-order valence-corrected chi connectivity index (χ4v) is 3.37. The number of methoxy groups -OCH3 is 1. The number of nitrogens with zero attached hydrogens (tertiary/aromatic N) is 1. The molecule has 0 unspecified atom stereocenters. The van der Waals surface area contributed by atoms with E-state index in [2.05, 4.69) is 10.3 Å². The van der Waals surface area contributed by atoms with E-state index in [-0.39, 0.29) is 5.91 Å². The Kier molecular flexibility index (Phi) is 5.14. The van der Waals surface area contributed by atoms with E-state index in [0.29, 0.717) is 11.6 Å². The van der Waals surface area contributed by atoms with Gasteiger partial charge >= 0.3 is 0 Å². The van der Waals surface area contributed by atoms with Crippen LogP contribution in [0.3, 0.4) is 0 Å². The number of rotatable bonds is 5. The average Bonchev–Trinajstić information content (AvgIpc) is 2.97. The topological polar surface area (TPSA) is 51.2 Å². The number of carbonyl (C=O) groups is 1. The summed E-state index contributed by atoms with van der Waals surface area (Å²) >= 11 is 1.49. The first-order valence-electron chi connectivity index (χ1n) is 8.02. The van der Waals surface area contributed by atoms with Crippen LogP contribution in [0.15, 0.2) is 48.5 Å². The van der Waals surface area contributed by atoms with Crippen LogP contribution in [0.5, 0.6) is 5.75 Å². The van der Waals surface area contributed by atoms with Crippen molar-refractivity contribution in [3.05, 3.63) is 64.5 Å². The molecule has 0 aliphatic rings. The molecule has 0 atom stereocenters. The summed E-state index contributed by atoms with van der Waals surface area (Å²) in [6.07, 6.45) is 0.344. The molecule has 0 aliphatic heterocycles. The number of thiazole rings is 1. The summed E-state index contributed by atoms with van der Waals surface area (Å²) in [6, 6.07) is 15.7. The zero-order valence-electron chi connectivity index (χ0n) is 14.5. The van der Waals surface area contributed by atoms with Crippen LogP contribution in [0.25, 0.3) is 11.3 Å². The van der Waals surface area contributed by atoms with Crippen molar-refractivity contribution in [2.24, 2.45) is 0 Å². The number of carbonyl (C=O) groups excluding carboxylic acids is 1. The molecule has 0 aliphatic carbocycles. The maximum atomic E-state index is 12.2. The van der Waals surface area contributed by atoms with Gasteiger partial charge in [0.05, 0.1) is 19.2 Å². The molecule has 1 amide bonds. The number of hydrogen-bond acceptors (Lipinski definition) is 4. The van der Waals surface area contributed by atoms with Gasteiger partial charge < -0.3 is 10.1 Å². The van der Waals surface area contributed by atoms with Crippen LogP contribution in [0.4, 0.5) is 5.13 Å². The number of amides is 1. The summed E-state index contributed by atoms with van der Waals surface area (Å²) in [7, 11) is 1.64. The van der Waals surface area contributed by atoms with Crippen molar-refractivity contribution in [3.63, 3.8) is 0 Å². The predicted molar refractivity (Wildman–Crippen MR) is 102 cm³/mol. The molecular formula is C20H20N2O2S. The summed E-state index contributed by atoms with van der Waals surface area (Å²) in [6.45, 7) is 4.04. The SMILES string of the molecule is COc1ccc(-c2nc(NC(=O)Cc3ccc(C)cc3)sc2C)cc1. The summed E-state index contributed by atoms with van der Waals surface area (Å²) in [5, 5.41) is 3.53. The molecular weight excluding hydrogens is 332 g/mol. The Morgan fingerprint density at radius 2 is 1.76 bits per heavy atom. The molecule has 1 aromatic heterocycles. The highest BCUT2D eigenvalue weighted by atomic mass is 32.1. The zero-order chi connectivity index (χ0) is 17.8. The van der Waals surface area contributed by atoms with Crippen molar-refractivity contribution in [1.29, 1.82) is 0 Å². The molecule has 128 valence electrons. The highest BCUT2D eigenvalue weighted by Crippen LogP contribution is 2.31. The van der Waals surface area contributed by atoms with Crippen molar-refractivity contribution in [1.82, 2.24) is 4.98 Å². The Labute approximate surface area is 151 Å². The van der Waals surface area contributed by atoms with Gasteiger partial charge in [0.2, 0.25) is 5.91 Å². The maximum Gasteiger partial charge on any atom is 0.230 e. The molecule has 5 heteroatoms. The first kappa shape index (κ1) is 17.2. The van der Waals surface area contributed by atoms with E-state index in [1.165, 1.54) is 16.9 Å². The van der Waals surface area contributed by atoms with Crippen LogP contribution in [0.1, 0.15) is 16.0 Å². The molecule has 1 N–H and O–H groups in total. The second-order valence-corrected chi connectivity index (χ2v) is 7.07. The number of hydrogen-bond donors (Lipinski definition) is 1. The molecule has 0 saturated heterocycles. The number of nitrogens with one attached hydrogen (secondary N) is 1. The van der Waals surface area contributed by atoms with Gasteiger partial charge in [-0.25, -0.2) is 4.98 Å². The van der Waals surface area contributed by atoms with Crippen molar-refractivity contribution in [2.75, 3.05) is 12.4 Å². The molecule has 0 radical (unpaired) electrons. The molecule has 25 heavy (non-hydrogen) atoms. The van der Waals surface area contributed by atoms with E-state index in [0.717, 1.165) is 27.4 Å². The van der Waals surface area contributed by atoms with Gasteiger partial charge in [0.15, 0.2) is 5.13 Å². The summed E-state index contributed by atoms with van der Waals surface area (Å²) in [5.41, 5.74) is 4.07. The van der Waals surface area contributed by atoms with E-state index >= 15 is 0 Å². The maximum absolute atomic E-state index is 12.2. The van der Waals surface area contributed by atoms with Crippen LogP contribution in [0, 0.1) is 13.8 Å². The van der Waals surface area contributed by atoms with E-state index in [9.17, 15) is 4.79 Å². The average molecular weight is 352 g/mol. The van der Waals surface area contributed by atoms with Crippen molar-refractivity contribution in [2.45, 2.75) is 20.3 Å². The van der Waals surface area contributed by atoms with Crippen LogP contribution in [-0.4, -0.2) is 18.0 Å². The largest absolute Gasteiger partial charge is 0.497 e. The third-order valence-corrected chi connectivity index (χ3v) is 4.78. The van der Waals surface area contributed by atoms with Gasteiger partial charge in [-0.3, -0.25) is 4.79 Å². The van der Waals surface area contributed by atoms with Crippen LogP contribution in [-0.2, 0) is 11.2 Å². The van der Waals surface area contributed by atoms with E-state index in [1.807, 2.05) is 62.4 Å². The Balaban J connectivity index is 1.71. The molecule has 3 rings (SSSR count). The van der Waals surface area contributed by atoms with E-state index < -0.39 is 0 Å². The highest BCUT2D eigenvalue weighted by molar-refractivity contribution is 7.16. The Morgan fingerprint density at radius 3 is 2.40 bits per heavy atom. The molecule has 3 aromatic rings. The lowest BCUT2D eigenvalue weighted by Crippen LogP contribution is -2.14. The number of benzene rings is 2. The summed E-state index contributed by atoms with van der Waals surface area (Å²) in [5.74, 6) is 0.752. The number of ether oxygens (including phenoxy) is 1. The van der Waals surface area contributed by atoms with Crippen LogP contribution < -0.4 is 10.1 Å². The van der Waals surface area contributed by atoms with Gasteiger partial charge in [-0.05, 0) is 43.7 Å². The van der Waals surface area contributed by atoms with Crippen molar-refractivity contribution in [3.8, 4) is 17.0 Å². The minimum absolute atomic E-state index is 0.0566. The lowest BCUT2D eigenvalue weighted by molar-refractivity contribution is -0.115. The highest BCUT2D eigenvalue weighted by Gasteiger charge is 2.12. The second kappa shape index (κ2) is 7.49. The number of anilines is 1. The Hall–Kier alpha value is -2.66. The molecule has 0 saturated carbocycles. The molecule has 2 aromatic carbocycles. The first-order valence-corrected chi connectivity index (χ1v) is 8.84. The minimum Gasteiger partial charge on any atom is -0.497 e. The normalized spacial score (nSPS) is 10.5. The quantitative estimate of drug-likeness (QED) is 0.729. The van der Waals surface area contributed by atoms with Gasteiger partial charge in [0.1, 0.15) is 5.75 Å². The monoisotopic (exact) mass is 352 g/mol. The van der Waals surface area contributed by atoms with Crippen LogP contribution >= 0.6 is 11.3 Å². The second-order valence-electron chi connectivity index (χ2n) is 5.86. The summed E-state index contributed by atoms with van der Waals surface area (Å²) in [4.78, 5) is 17.9. The Morgan fingerprint density at radius 1 is 1.08 bits per heavy atom. The zero-order valence-corrected chi connectivity index (χ0v) is 15.3.